The van der Waals surface area contributed by atoms with E-state index in [0.29, 0.717) is 16.6 Å². The maximum absolute atomic E-state index is 13.4. The van der Waals surface area contributed by atoms with E-state index in [1.165, 1.54) is 11.8 Å². The molecule has 0 saturated carbocycles. The molecule has 1 saturated heterocycles. The lowest BCUT2D eigenvalue weighted by Gasteiger charge is -2.15. The van der Waals surface area contributed by atoms with Crippen molar-refractivity contribution in [1.29, 1.82) is 0 Å². The number of fused-ring (bicyclic) bond motifs is 1. The summed E-state index contributed by atoms with van der Waals surface area (Å²) in [4.78, 5) is 23.6. The second-order valence-electron chi connectivity index (χ2n) is 7.88. The van der Waals surface area contributed by atoms with Crippen molar-refractivity contribution in [3.05, 3.63) is 95.4 Å². The molecule has 0 radical (unpaired) electrons. The number of hydrogen-bond donors (Lipinski definition) is 0. The smallest absolute Gasteiger partial charge is 0.269 e. The number of carbonyl (C=O) groups is 1. The van der Waals surface area contributed by atoms with Crippen LogP contribution >= 0.6 is 23.5 Å². The number of hydrogen-bond acceptors (Lipinski definition) is 8. The molecule has 3 aromatic carbocycles. The van der Waals surface area contributed by atoms with E-state index in [-0.39, 0.29) is 5.91 Å². The predicted molar refractivity (Wildman–Crippen MR) is 148 cm³/mol. The summed E-state index contributed by atoms with van der Waals surface area (Å²) in [7, 11) is 3.61. The first-order valence-electron chi connectivity index (χ1n) is 11.2. The molecule has 1 fully saturated rings. The Labute approximate surface area is 218 Å². The molecular formula is C27H23N5O2S2. The van der Waals surface area contributed by atoms with Crippen LogP contribution in [0.5, 0.6) is 5.75 Å². The van der Waals surface area contributed by atoms with Gasteiger partial charge in [0.05, 0.1) is 34.9 Å². The quantitative estimate of drug-likeness (QED) is 0.197. The average molecular weight is 514 g/mol. The molecule has 9 heteroatoms. The second-order valence-corrected chi connectivity index (χ2v) is 9.89. The van der Waals surface area contributed by atoms with E-state index in [1.807, 2.05) is 84.7 Å². The summed E-state index contributed by atoms with van der Waals surface area (Å²) in [6.07, 6.45) is 1.71. The van der Waals surface area contributed by atoms with Crippen molar-refractivity contribution in [3.63, 3.8) is 0 Å². The van der Waals surface area contributed by atoms with Crippen molar-refractivity contribution in [1.82, 2.24) is 4.90 Å². The summed E-state index contributed by atoms with van der Waals surface area (Å²) in [6, 6.07) is 22.9. The third-order valence-corrected chi connectivity index (χ3v) is 7.95. The molecule has 1 amide bonds. The largest absolute Gasteiger partial charge is 0.497 e. The minimum absolute atomic E-state index is 0.0824. The lowest BCUT2D eigenvalue weighted by molar-refractivity contribution is -0.121. The van der Waals surface area contributed by atoms with Gasteiger partial charge in [-0.05, 0) is 60.3 Å². The molecular weight excluding hydrogens is 490 g/mol. The maximum Gasteiger partial charge on any atom is 0.269 e. The van der Waals surface area contributed by atoms with Crippen molar-refractivity contribution >= 4 is 57.3 Å². The highest BCUT2D eigenvalue weighted by atomic mass is 32.2. The molecule has 0 bridgehead atoms. The van der Waals surface area contributed by atoms with Gasteiger partial charge in [0.2, 0.25) is 0 Å². The van der Waals surface area contributed by atoms with Crippen LogP contribution < -0.4 is 9.64 Å². The number of azo groups is 1. The van der Waals surface area contributed by atoms with Crippen LogP contribution in [0.15, 0.2) is 116 Å². The number of nitrogens with zero attached hydrogens (tertiary/aromatic N) is 5. The van der Waals surface area contributed by atoms with Crippen LogP contribution in [-0.4, -0.2) is 36.7 Å². The maximum atomic E-state index is 13.4. The Balaban J connectivity index is 1.41. The summed E-state index contributed by atoms with van der Waals surface area (Å²) in [6.45, 7) is 4.19. The fraction of sp³-hybridized carbons (Fsp3) is 0.111. The molecule has 36 heavy (non-hydrogen) atoms. The van der Waals surface area contributed by atoms with Gasteiger partial charge in [-0.1, -0.05) is 36.0 Å². The second kappa shape index (κ2) is 10.4. The van der Waals surface area contributed by atoms with Gasteiger partial charge < -0.3 is 9.64 Å². The summed E-state index contributed by atoms with van der Waals surface area (Å²) in [5.74, 6) is 0.696. The molecule has 2 heterocycles. The number of anilines is 1. The Kier molecular flexibility index (Phi) is 6.92. The number of aliphatic imine (C=N–C) groups is 1. The molecule has 3 aromatic rings. The van der Waals surface area contributed by atoms with Gasteiger partial charge in [-0.25, -0.2) is 4.99 Å². The fourth-order valence-electron chi connectivity index (χ4n) is 3.68. The Bertz CT molecular complexity index is 1400. The molecule has 0 unspecified atom stereocenters. The Morgan fingerprint density at radius 1 is 0.944 bits per heavy atom. The summed E-state index contributed by atoms with van der Waals surface area (Å²) < 4.78 is 5.37. The van der Waals surface area contributed by atoms with E-state index in [4.69, 9.17) is 9.73 Å². The van der Waals surface area contributed by atoms with Gasteiger partial charge in [0, 0.05) is 24.6 Å². The third-order valence-electron chi connectivity index (χ3n) is 5.52. The molecule has 0 N–H and O–H groups in total. The zero-order valence-corrected chi connectivity index (χ0v) is 21.4. The number of methoxy groups -OCH3 is 1. The zero-order valence-electron chi connectivity index (χ0n) is 19.8. The Morgan fingerprint density at radius 2 is 1.64 bits per heavy atom. The van der Waals surface area contributed by atoms with E-state index in [0.717, 1.165) is 38.4 Å². The Morgan fingerprint density at radius 3 is 2.33 bits per heavy atom. The van der Waals surface area contributed by atoms with Crippen molar-refractivity contribution in [2.45, 2.75) is 4.90 Å². The SMILES string of the molecule is C=CCN1C(=O)C(=C2Sc3ccc(OC)cc3N2C)SC1=Nc1ccc(N=Nc2ccccc2)cc1. The highest BCUT2D eigenvalue weighted by Gasteiger charge is 2.38. The lowest BCUT2D eigenvalue weighted by atomic mass is 10.3. The average Bonchev–Trinajstić information content (AvgIpc) is 3.40. The number of carbonyl (C=O) groups excluding carboxylic acids is 1. The monoisotopic (exact) mass is 513 g/mol. The number of benzene rings is 3. The van der Waals surface area contributed by atoms with Crippen LogP contribution in [0, 0.1) is 0 Å². The van der Waals surface area contributed by atoms with Gasteiger partial charge in [-0.2, -0.15) is 10.2 Å². The van der Waals surface area contributed by atoms with E-state index >= 15 is 0 Å². The van der Waals surface area contributed by atoms with E-state index in [1.54, 1.807) is 29.8 Å². The summed E-state index contributed by atoms with van der Waals surface area (Å²) in [5, 5.41) is 10.0. The highest BCUT2D eigenvalue weighted by molar-refractivity contribution is 8.19. The molecule has 180 valence electrons. The highest BCUT2D eigenvalue weighted by Crippen LogP contribution is 2.51. The molecule has 2 aliphatic rings. The summed E-state index contributed by atoms with van der Waals surface area (Å²) >= 11 is 2.95. The van der Waals surface area contributed by atoms with Crippen LogP contribution in [0.4, 0.5) is 22.7 Å². The standard InChI is InChI=1S/C27H23N5O2S2/c1-4-16-32-25(33)24(26-31(2)22-17-21(34-3)14-15-23(22)35-26)36-27(32)28-18-10-12-20(13-11-18)30-29-19-8-6-5-7-9-19/h4-15,17H,1,16H2,2-3H3. The first kappa shape index (κ1) is 23.9. The minimum Gasteiger partial charge on any atom is -0.497 e. The van der Waals surface area contributed by atoms with E-state index in [2.05, 4.69) is 16.8 Å². The molecule has 0 atom stereocenters. The van der Waals surface area contributed by atoms with Crippen LogP contribution in [0.3, 0.4) is 0 Å². The van der Waals surface area contributed by atoms with Gasteiger partial charge >= 0.3 is 0 Å². The third kappa shape index (κ3) is 4.80. The summed E-state index contributed by atoms with van der Waals surface area (Å²) in [5.41, 5.74) is 3.25. The van der Waals surface area contributed by atoms with Crippen LogP contribution in [0.25, 0.3) is 0 Å². The molecule has 0 aliphatic carbocycles. The van der Waals surface area contributed by atoms with Gasteiger partial charge in [-0.3, -0.25) is 9.69 Å². The predicted octanol–water partition coefficient (Wildman–Crippen LogP) is 7.27. The molecule has 5 rings (SSSR count). The molecule has 0 spiro atoms. The van der Waals surface area contributed by atoms with E-state index < -0.39 is 0 Å². The zero-order chi connectivity index (χ0) is 25.1. The van der Waals surface area contributed by atoms with Crippen molar-refractivity contribution in [3.8, 4) is 5.75 Å². The fourth-order valence-corrected chi connectivity index (χ4v) is 6.01. The molecule has 0 aromatic heterocycles. The number of rotatable bonds is 6. The van der Waals surface area contributed by atoms with Gasteiger partial charge in [0.1, 0.15) is 10.7 Å². The van der Waals surface area contributed by atoms with E-state index in [9.17, 15) is 4.79 Å². The van der Waals surface area contributed by atoms with Gasteiger partial charge in [0.25, 0.3) is 5.91 Å². The number of amides is 1. The van der Waals surface area contributed by atoms with Crippen LogP contribution in [-0.2, 0) is 4.79 Å². The van der Waals surface area contributed by atoms with Crippen LogP contribution in [0.2, 0.25) is 0 Å². The number of ether oxygens (including phenoxy) is 1. The first-order chi connectivity index (χ1) is 17.6. The van der Waals surface area contributed by atoms with Crippen molar-refractivity contribution in [2.24, 2.45) is 15.2 Å². The topological polar surface area (TPSA) is 69.9 Å². The normalized spacial score (nSPS) is 18.4. The van der Waals surface area contributed by atoms with Gasteiger partial charge in [0.15, 0.2) is 5.17 Å². The van der Waals surface area contributed by atoms with Crippen LogP contribution in [0.1, 0.15) is 0 Å². The number of amidine groups is 1. The first-order valence-corrected chi connectivity index (χ1v) is 12.8. The van der Waals surface area contributed by atoms with Crippen molar-refractivity contribution < 1.29 is 9.53 Å². The Hall–Kier alpha value is -3.82. The lowest BCUT2D eigenvalue weighted by Crippen LogP contribution is -2.29. The minimum atomic E-state index is -0.0824. The van der Waals surface area contributed by atoms with Gasteiger partial charge in [-0.15, -0.1) is 6.58 Å². The molecule has 2 aliphatic heterocycles. The number of thioether (sulfide) groups is 2. The van der Waals surface area contributed by atoms with Crippen molar-refractivity contribution in [2.75, 3.05) is 25.6 Å². The molecule has 7 nitrogen and oxygen atoms in total.